The molecule has 0 spiro atoms. The van der Waals surface area contributed by atoms with Gasteiger partial charge >= 0.3 is 0 Å². The molecule has 0 aliphatic rings. The van der Waals surface area contributed by atoms with Crippen LogP contribution in [0, 0.1) is 0 Å². The molecule has 0 fully saturated rings. The van der Waals surface area contributed by atoms with Gasteiger partial charge in [-0.05, 0) is 23.7 Å². The summed E-state index contributed by atoms with van der Waals surface area (Å²) in [5.74, 6) is 0.222. The van der Waals surface area contributed by atoms with Crippen LogP contribution in [0.3, 0.4) is 0 Å². The van der Waals surface area contributed by atoms with Crippen molar-refractivity contribution < 1.29 is 4.79 Å². The van der Waals surface area contributed by atoms with Crippen molar-refractivity contribution >= 4 is 40.5 Å². The van der Waals surface area contributed by atoms with Crippen LogP contribution < -0.4 is 0 Å². The van der Waals surface area contributed by atoms with Gasteiger partial charge in [-0.2, -0.15) is 0 Å². The number of rotatable bonds is 0. The van der Waals surface area contributed by atoms with Crippen LogP contribution in [0.25, 0.3) is 0 Å². The zero-order valence-electron chi connectivity index (χ0n) is 5.30. The van der Waals surface area contributed by atoms with Crippen molar-refractivity contribution in [2.24, 2.45) is 0 Å². The molecule has 0 bridgehead atoms. The maximum Gasteiger partial charge on any atom is 0.208 e. The number of carbonyl (C=O) groups is 1. The summed E-state index contributed by atoms with van der Waals surface area (Å²) in [5.41, 5.74) is 0. The third-order valence-corrected chi connectivity index (χ3v) is 1.14. The van der Waals surface area contributed by atoms with Crippen LogP contribution in [0.1, 0.15) is 0 Å². The molecule has 0 aliphatic carbocycles. The molecule has 0 amide bonds. The normalized spacial score (nSPS) is 7.91. The van der Waals surface area contributed by atoms with E-state index in [9.17, 15) is 0 Å². The molecule has 60 valence electrons. The molecule has 0 N–H and O–H groups in total. The second-order valence-corrected chi connectivity index (χ2v) is 2.39. The van der Waals surface area contributed by atoms with E-state index in [1.54, 1.807) is 12.1 Å². The van der Waals surface area contributed by atoms with Crippen molar-refractivity contribution in [3.63, 3.8) is 0 Å². The van der Waals surface area contributed by atoms with E-state index >= 15 is 0 Å². The van der Waals surface area contributed by atoms with E-state index in [2.05, 4.69) is 16.6 Å². The summed E-state index contributed by atoms with van der Waals surface area (Å²) < 4.78 is 0. The summed E-state index contributed by atoms with van der Waals surface area (Å²) in [4.78, 5) is 12.3. The number of hydrogen-bond donors (Lipinski definition) is 0. The lowest BCUT2D eigenvalue weighted by atomic mass is 10.5. The molecule has 1 aromatic heterocycles. The minimum atomic E-state index is 0.222. The van der Waals surface area contributed by atoms with Gasteiger partial charge in [-0.3, -0.25) is 4.79 Å². The second-order valence-electron chi connectivity index (χ2n) is 1.39. The minimum absolute atomic E-state index is 0.222. The fourth-order valence-corrected chi connectivity index (χ4v) is 0.581. The number of pyridine rings is 1. The van der Waals surface area contributed by atoms with Crippen molar-refractivity contribution in [3.05, 3.63) is 28.5 Å². The Morgan fingerprint density at radius 1 is 1.36 bits per heavy atom. The predicted octanol–water partition coefficient (Wildman–Crippen LogP) is 2.80. The number of halogens is 3. The second kappa shape index (κ2) is 6.40. The lowest BCUT2D eigenvalue weighted by molar-refractivity contribution is 0.569. The van der Waals surface area contributed by atoms with E-state index in [0.29, 0.717) is 10.2 Å². The highest BCUT2D eigenvalue weighted by atomic mass is 35.5. The standard InChI is InChI=1S/C5H3Cl2N.CHClO/c6-4-1-2-5(7)8-3-4;2-1-3/h1-3H;1H. The number of aromatic nitrogens is 1. The van der Waals surface area contributed by atoms with Gasteiger partial charge in [-0.25, -0.2) is 4.98 Å². The molecule has 2 nitrogen and oxygen atoms in total. The molecule has 0 aliphatic heterocycles. The van der Waals surface area contributed by atoms with Gasteiger partial charge in [0, 0.05) is 6.20 Å². The Labute approximate surface area is 79.1 Å². The van der Waals surface area contributed by atoms with E-state index in [4.69, 9.17) is 28.0 Å². The van der Waals surface area contributed by atoms with Crippen LogP contribution in [0.2, 0.25) is 10.2 Å². The highest BCUT2D eigenvalue weighted by Gasteiger charge is 1.85. The topological polar surface area (TPSA) is 30.0 Å². The van der Waals surface area contributed by atoms with E-state index in [1.165, 1.54) is 6.20 Å². The van der Waals surface area contributed by atoms with Crippen LogP contribution in [-0.2, 0) is 4.79 Å². The first-order valence-corrected chi connectivity index (χ1v) is 3.71. The smallest absolute Gasteiger partial charge is 0.208 e. The van der Waals surface area contributed by atoms with E-state index in [0.717, 1.165) is 0 Å². The maximum absolute atomic E-state index is 8.57. The fourth-order valence-electron chi connectivity index (χ4n) is 0.358. The average molecular weight is 212 g/mol. The van der Waals surface area contributed by atoms with Gasteiger partial charge in [-0.1, -0.05) is 23.2 Å². The lowest BCUT2D eigenvalue weighted by Gasteiger charge is -1.85. The first kappa shape index (κ1) is 10.7. The van der Waals surface area contributed by atoms with Crippen LogP contribution >= 0.6 is 34.8 Å². The molecule has 11 heavy (non-hydrogen) atoms. The van der Waals surface area contributed by atoms with E-state index in [-0.39, 0.29) is 5.75 Å². The summed E-state index contributed by atoms with van der Waals surface area (Å²) in [6, 6.07) is 3.33. The van der Waals surface area contributed by atoms with Crippen molar-refractivity contribution in [1.29, 1.82) is 0 Å². The van der Waals surface area contributed by atoms with Crippen LogP contribution in [-0.4, -0.2) is 10.7 Å². The van der Waals surface area contributed by atoms with Gasteiger partial charge in [0.15, 0.2) is 0 Å². The molecule has 0 saturated heterocycles. The van der Waals surface area contributed by atoms with Gasteiger partial charge in [0.25, 0.3) is 0 Å². The maximum atomic E-state index is 8.57. The molecule has 0 saturated carbocycles. The number of carbonyl (C=O) groups excluding carboxylic acids is 1. The first-order valence-electron chi connectivity index (χ1n) is 2.51. The van der Waals surface area contributed by atoms with Gasteiger partial charge < -0.3 is 0 Å². The lowest BCUT2D eigenvalue weighted by Crippen LogP contribution is -1.69. The largest absolute Gasteiger partial charge is 0.285 e. The van der Waals surface area contributed by atoms with Crippen LogP contribution in [0.4, 0.5) is 0 Å². The third kappa shape index (κ3) is 6.10. The van der Waals surface area contributed by atoms with Crippen molar-refractivity contribution in [2.45, 2.75) is 0 Å². The molecular formula is C6H4Cl3NO. The SMILES string of the molecule is Clc1ccc(Cl)nc1.O=CCl. The van der Waals surface area contributed by atoms with E-state index in [1.807, 2.05) is 0 Å². The molecule has 0 aromatic carbocycles. The monoisotopic (exact) mass is 211 g/mol. The molecule has 1 aromatic rings. The molecule has 0 atom stereocenters. The summed E-state index contributed by atoms with van der Waals surface area (Å²) in [7, 11) is 0. The fraction of sp³-hybridized carbons (Fsp3) is 0. The van der Waals surface area contributed by atoms with Gasteiger partial charge in [0.1, 0.15) is 5.15 Å². The molecular weight excluding hydrogens is 208 g/mol. The Balaban J connectivity index is 0.000000292. The summed E-state index contributed by atoms with van der Waals surface area (Å²) >= 11 is 15.3. The van der Waals surface area contributed by atoms with Crippen molar-refractivity contribution in [3.8, 4) is 0 Å². The Bertz CT molecular complexity index is 191. The molecule has 0 radical (unpaired) electrons. The highest BCUT2D eigenvalue weighted by molar-refractivity contribution is 6.54. The highest BCUT2D eigenvalue weighted by Crippen LogP contribution is 2.08. The van der Waals surface area contributed by atoms with Gasteiger partial charge in [0.2, 0.25) is 5.75 Å². The predicted molar refractivity (Wildman–Crippen MR) is 46.9 cm³/mol. The summed E-state index contributed by atoms with van der Waals surface area (Å²) in [5, 5.41) is 1.07. The summed E-state index contributed by atoms with van der Waals surface area (Å²) in [6.45, 7) is 0. The zero-order valence-corrected chi connectivity index (χ0v) is 7.57. The minimum Gasteiger partial charge on any atom is -0.285 e. The summed E-state index contributed by atoms with van der Waals surface area (Å²) in [6.07, 6.45) is 1.50. The average Bonchev–Trinajstić information content (AvgIpc) is 1.97. The van der Waals surface area contributed by atoms with Gasteiger partial charge in [-0.15, -0.1) is 0 Å². The van der Waals surface area contributed by atoms with Crippen molar-refractivity contribution in [1.82, 2.24) is 4.98 Å². The molecule has 1 heterocycles. The number of hydrogen-bond acceptors (Lipinski definition) is 2. The Kier molecular flexibility index (Phi) is 6.22. The Hall–Kier alpha value is -0.310. The van der Waals surface area contributed by atoms with Crippen LogP contribution in [0.5, 0.6) is 0 Å². The Morgan fingerprint density at radius 2 is 1.91 bits per heavy atom. The quantitative estimate of drug-likeness (QED) is 0.376. The Morgan fingerprint density at radius 3 is 2.18 bits per heavy atom. The van der Waals surface area contributed by atoms with Crippen LogP contribution in [0.15, 0.2) is 18.3 Å². The van der Waals surface area contributed by atoms with Gasteiger partial charge in [0.05, 0.1) is 5.02 Å². The third-order valence-electron chi connectivity index (χ3n) is 0.691. The molecule has 0 unspecified atom stereocenters. The number of nitrogens with zero attached hydrogens (tertiary/aromatic N) is 1. The molecule has 1 rings (SSSR count). The van der Waals surface area contributed by atoms with E-state index < -0.39 is 0 Å². The first-order chi connectivity index (χ1) is 5.20. The van der Waals surface area contributed by atoms with Crippen molar-refractivity contribution in [2.75, 3.05) is 0 Å². The molecule has 5 heteroatoms. The zero-order chi connectivity index (χ0) is 8.69.